The number of nitrogens with zero attached hydrogens (tertiary/aromatic N) is 4. The molecule has 37 heavy (non-hydrogen) atoms. The number of rotatable bonds is 8. The highest BCUT2D eigenvalue weighted by molar-refractivity contribution is 6.33. The third-order valence-corrected chi connectivity index (χ3v) is 5.83. The van der Waals surface area contributed by atoms with Crippen LogP contribution in [0.1, 0.15) is 56.2 Å². The summed E-state index contributed by atoms with van der Waals surface area (Å²) in [4.78, 5) is 28.0. The molecule has 2 aromatic carbocycles. The second-order valence-corrected chi connectivity index (χ2v) is 9.69. The van der Waals surface area contributed by atoms with Crippen molar-refractivity contribution in [1.82, 2.24) is 15.0 Å². The fourth-order valence-electron chi connectivity index (χ4n) is 3.48. The Balaban J connectivity index is 1.88. The first-order valence-electron chi connectivity index (χ1n) is 11.3. The minimum Gasteiger partial charge on any atom is -0.386 e. The topological polar surface area (TPSA) is 100 Å². The number of Topliss-reactive ketones (excluding diaryl/α,β-unsaturated/α-hetero) is 1. The average molecular weight is 538 g/mol. The van der Waals surface area contributed by atoms with E-state index in [0.717, 1.165) is 18.2 Å². The van der Waals surface area contributed by atoms with Crippen LogP contribution in [0.5, 0.6) is 0 Å². The highest BCUT2D eigenvalue weighted by Crippen LogP contribution is 2.34. The number of aromatic nitrogens is 3. The number of amides is 1. The van der Waals surface area contributed by atoms with Crippen molar-refractivity contribution in [2.24, 2.45) is 0 Å². The van der Waals surface area contributed by atoms with E-state index in [1.54, 1.807) is 56.9 Å². The maximum Gasteiger partial charge on any atom is 0.416 e. The smallest absolute Gasteiger partial charge is 0.386 e. The van der Waals surface area contributed by atoms with Crippen molar-refractivity contribution < 1.29 is 27.9 Å². The Morgan fingerprint density at radius 3 is 2.16 bits per heavy atom. The van der Waals surface area contributed by atoms with Gasteiger partial charge in [-0.3, -0.25) is 9.59 Å². The van der Waals surface area contributed by atoms with E-state index in [4.69, 9.17) is 11.6 Å². The molecule has 0 spiro atoms. The van der Waals surface area contributed by atoms with E-state index in [9.17, 15) is 27.9 Å². The van der Waals surface area contributed by atoms with Crippen LogP contribution in [0.3, 0.4) is 0 Å². The van der Waals surface area contributed by atoms with Crippen molar-refractivity contribution >= 4 is 34.8 Å². The number of ketones is 1. The van der Waals surface area contributed by atoms with Gasteiger partial charge >= 0.3 is 6.18 Å². The van der Waals surface area contributed by atoms with E-state index in [1.807, 2.05) is 0 Å². The Kier molecular flexibility index (Phi) is 7.99. The lowest BCUT2D eigenvalue weighted by Gasteiger charge is -2.26. The molecule has 3 rings (SSSR count). The summed E-state index contributed by atoms with van der Waals surface area (Å²) in [7, 11) is 0. The third-order valence-electron chi connectivity index (χ3n) is 5.51. The molecule has 8 nitrogen and oxygen atoms in total. The summed E-state index contributed by atoms with van der Waals surface area (Å²) < 4.78 is 38.7. The van der Waals surface area contributed by atoms with Crippen LogP contribution >= 0.6 is 11.6 Å². The predicted octanol–water partition coefficient (Wildman–Crippen LogP) is 5.22. The number of hydrogen-bond donors (Lipinski definition) is 2. The number of nitrogens with one attached hydrogen (secondary N) is 1. The van der Waals surface area contributed by atoms with Crippen LogP contribution in [0.25, 0.3) is 5.69 Å². The molecular formula is C25H27ClF3N5O3. The van der Waals surface area contributed by atoms with Crippen molar-refractivity contribution in [3.63, 3.8) is 0 Å². The molecule has 0 aliphatic rings. The van der Waals surface area contributed by atoms with Crippen molar-refractivity contribution in [1.29, 1.82) is 0 Å². The summed E-state index contributed by atoms with van der Waals surface area (Å²) in [6.45, 7) is 7.95. The van der Waals surface area contributed by atoms with E-state index in [-0.39, 0.29) is 40.6 Å². The van der Waals surface area contributed by atoms with Crippen molar-refractivity contribution in [3.8, 4) is 5.69 Å². The van der Waals surface area contributed by atoms with Gasteiger partial charge in [-0.15, -0.1) is 15.0 Å². The first kappa shape index (κ1) is 28.1. The standard InChI is InChI=1S/C25H27ClF3N5O3/c1-14(2)33(13-21(36)30-20-11-8-17(12-19(20)26)25(27,28)29)23-22(15(3)35)31-34(32-23)18-9-6-16(7-10-18)24(4,5)37/h6-12,14,37H,13H2,1-5H3,(H,30,36). The molecule has 198 valence electrons. The average Bonchev–Trinajstić information content (AvgIpc) is 3.23. The summed E-state index contributed by atoms with van der Waals surface area (Å²) in [5, 5.41) is 21.2. The molecule has 0 saturated carbocycles. The van der Waals surface area contributed by atoms with Gasteiger partial charge in [-0.05, 0) is 63.6 Å². The van der Waals surface area contributed by atoms with Gasteiger partial charge in [0.25, 0.3) is 0 Å². The molecule has 1 aromatic heterocycles. The summed E-state index contributed by atoms with van der Waals surface area (Å²) in [6.07, 6.45) is -4.57. The Labute approximate surface area is 217 Å². The van der Waals surface area contributed by atoms with E-state index < -0.39 is 23.2 Å². The fourth-order valence-corrected chi connectivity index (χ4v) is 3.71. The fraction of sp³-hybridized carbons (Fsp3) is 0.360. The van der Waals surface area contributed by atoms with Gasteiger partial charge in [-0.1, -0.05) is 23.7 Å². The van der Waals surface area contributed by atoms with E-state index >= 15 is 0 Å². The van der Waals surface area contributed by atoms with Gasteiger partial charge in [0.1, 0.15) is 0 Å². The zero-order valence-electron chi connectivity index (χ0n) is 20.9. The van der Waals surface area contributed by atoms with Gasteiger partial charge in [-0.25, -0.2) is 0 Å². The summed E-state index contributed by atoms with van der Waals surface area (Å²) >= 11 is 5.96. The molecule has 0 aliphatic heterocycles. The Morgan fingerprint density at radius 1 is 1.08 bits per heavy atom. The number of hydrogen-bond acceptors (Lipinski definition) is 6. The molecule has 1 heterocycles. The maximum atomic E-state index is 12.9. The molecule has 0 bridgehead atoms. The van der Waals surface area contributed by atoms with E-state index in [1.165, 1.54) is 11.7 Å². The lowest BCUT2D eigenvalue weighted by Crippen LogP contribution is -2.39. The number of alkyl halides is 3. The molecule has 0 aliphatic carbocycles. The second kappa shape index (κ2) is 10.5. The minimum atomic E-state index is -4.57. The molecule has 0 saturated heterocycles. The van der Waals surface area contributed by atoms with Crippen LogP contribution in [0, 0.1) is 0 Å². The molecule has 0 unspecified atom stereocenters. The van der Waals surface area contributed by atoms with Gasteiger partial charge in [0, 0.05) is 13.0 Å². The van der Waals surface area contributed by atoms with Gasteiger partial charge in [0.05, 0.1) is 34.1 Å². The van der Waals surface area contributed by atoms with Gasteiger partial charge in [0.2, 0.25) is 5.91 Å². The minimum absolute atomic E-state index is 0.0192. The number of carbonyl (C=O) groups is 2. The first-order chi connectivity index (χ1) is 17.1. The number of aliphatic hydroxyl groups is 1. The first-order valence-corrected chi connectivity index (χ1v) is 11.7. The number of benzene rings is 2. The SMILES string of the molecule is CC(=O)c1nn(-c2ccc(C(C)(C)O)cc2)nc1N(CC(=O)Nc1ccc(C(F)(F)F)cc1Cl)C(C)C. The molecular weight excluding hydrogens is 511 g/mol. The van der Waals surface area contributed by atoms with Crippen LogP contribution in [0.4, 0.5) is 24.7 Å². The second-order valence-electron chi connectivity index (χ2n) is 9.29. The highest BCUT2D eigenvalue weighted by atomic mass is 35.5. The summed E-state index contributed by atoms with van der Waals surface area (Å²) in [5.41, 5.74) is -0.697. The monoisotopic (exact) mass is 537 g/mol. The summed E-state index contributed by atoms with van der Waals surface area (Å²) in [5.74, 6) is -0.775. The predicted molar refractivity (Wildman–Crippen MR) is 134 cm³/mol. The Bertz CT molecular complexity index is 1300. The van der Waals surface area contributed by atoms with Crippen LogP contribution in [0.2, 0.25) is 5.02 Å². The Morgan fingerprint density at radius 2 is 1.68 bits per heavy atom. The van der Waals surface area contributed by atoms with Crippen LogP contribution < -0.4 is 10.2 Å². The zero-order chi connectivity index (χ0) is 27.7. The molecule has 3 aromatic rings. The normalized spacial score (nSPS) is 12.1. The lowest BCUT2D eigenvalue weighted by atomic mass is 9.98. The molecule has 0 radical (unpaired) electrons. The van der Waals surface area contributed by atoms with Gasteiger partial charge < -0.3 is 15.3 Å². The lowest BCUT2D eigenvalue weighted by molar-refractivity contribution is -0.137. The molecule has 0 atom stereocenters. The summed E-state index contributed by atoms with van der Waals surface area (Å²) in [6, 6.07) is 9.16. The van der Waals surface area contributed by atoms with Crippen molar-refractivity contribution in [2.75, 3.05) is 16.8 Å². The highest BCUT2D eigenvalue weighted by Gasteiger charge is 2.31. The molecule has 1 amide bonds. The quantitative estimate of drug-likeness (QED) is 0.382. The van der Waals surface area contributed by atoms with Gasteiger partial charge in [-0.2, -0.15) is 13.2 Å². The van der Waals surface area contributed by atoms with Crippen molar-refractivity contribution in [2.45, 2.75) is 52.4 Å². The number of anilines is 2. The third kappa shape index (κ3) is 6.66. The van der Waals surface area contributed by atoms with Crippen LogP contribution in [-0.2, 0) is 16.6 Å². The molecule has 0 fully saturated rings. The van der Waals surface area contributed by atoms with E-state index in [0.29, 0.717) is 11.3 Å². The molecule has 2 N–H and O–H groups in total. The van der Waals surface area contributed by atoms with Crippen LogP contribution in [0.15, 0.2) is 42.5 Å². The van der Waals surface area contributed by atoms with E-state index in [2.05, 4.69) is 15.5 Å². The van der Waals surface area contributed by atoms with Crippen molar-refractivity contribution in [3.05, 3.63) is 64.3 Å². The number of carbonyl (C=O) groups excluding carboxylic acids is 2. The zero-order valence-corrected chi connectivity index (χ0v) is 21.6. The number of halogens is 4. The maximum absolute atomic E-state index is 12.9. The van der Waals surface area contributed by atoms with Gasteiger partial charge in [0.15, 0.2) is 17.3 Å². The van der Waals surface area contributed by atoms with Crippen LogP contribution in [-0.4, -0.2) is 44.4 Å². The Hall–Kier alpha value is -3.44. The largest absolute Gasteiger partial charge is 0.416 e. The molecule has 12 heteroatoms.